The number of aliphatic hydroxyl groups excluding tert-OH is 1. The average molecular weight is 507 g/mol. The molecule has 0 spiro atoms. The standard InChI is InChI=1S/C23H24ClFN4O4S/c1-32-23(31)19-18(9-29-13-7-15(30)8-14(29)11-33-10-13)27-21(22-26-4-5-34-22)28-20(19)16-3-2-12(25)6-17(16)24/h2-6,13-15,20,30H,7-11H2,1H3,(H,27,28). The summed E-state index contributed by atoms with van der Waals surface area (Å²) in [6.45, 7) is 1.42. The van der Waals surface area contributed by atoms with Gasteiger partial charge in [-0.3, -0.25) is 9.89 Å². The van der Waals surface area contributed by atoms with Crippen molar-refractivity contribution < 1.29 is 23.8 Å². The number of rotatable bonds is 5. The minimum Gasteiger partial charge on any atom is -0.466 e. The molecule has 0 aliphatic carbocycles. The minimum atomic E-state index is -0.804. The number of methoxy groups -OCH3 is 1. The first kappa shape index (κ1) is 23.4. The number of piperidine rings is 1. The van der Waals surface area contributed by atoms with E-state index < -0.39 is 17.8 Å². The number of fused-ring (bicyclic) bond motifs is 2. The van der Waals surface area contributed by atoms with Gasteiger partial charge in [-0.05, 0) is 25.0 Å². The van der Waals surface area contributed by atoms with Crippen LogP contribution in [0, 0.1) is 5.82 Å². The highest BCUT2D eigenvalue weighted by Gasteiger charge is 2.41. The number of hydrogen-bond donors (Lipinski definition) is 2. The summed E-state index contributed by atoms with van der Waals surface area (Å²) >= 11 is 7.82. The van der Waals surface area contributed by atoms with E-state index in [0.29, 0.717) is 60.3 Å². The molecular weight excluding hydrogens is 483 g/mol. The second-order valence-electron chi connectivity index (χ2n) is 8.53. The van der Waals surface area contributed by atoms with Gasteiger partial charge in [0.2, 0.25) is 0 Å². The summed E-state index contributed by atoms with van der Waals surface area (Å²) in [5, 5.41) is 16.2. The van der Waals surface area contributed by atoms with Crippen LogP contribution < -0.4 is 5.32 Å². The van der Waals surface area contributed by atoms with Crippen LogP contribution in [0.3, 0.4) is 0 Å². The van der Waals surface area contributed by atoms with E-state index in [0.717, 1.165) is 0 Å². The number of hydrogen-bond acceptors (Lipinski definition) is 9. The van der Waals surface area contributed by atoms with E-state index >= 15 is 0 Å². The summed E-state index contributed by atoms with van der Waals surface area (Å²) in [6.07, 6.45) is 2.49. The van der Waals surface area contributed by atoms with Crippen LogP contribution in [0.5, 0.6) is 0 Å². The molecule has 0 saturated carbocycles. The van der Waals surface area contributed by atoms with E-state index in [-0.39, 0.29) is 23.2 Å². The lowest BCUT2D eigenvalue weighted by molar-refractivity contribution is -0.136. The van der Waals surface area contributed by atoms with Gasteiger partial charge in [-0.1, -0.05) is 17.7 Å². The summed E-state index contributed by atoms with van der Waals surface area (Å²) in [5.74, 6) is -0.523. The van der Waals surface area contributed by atoms with Crippen molar-refractivity contribution in [1.82, 2.24) is 15.2 Å². The number of carbonyl (C=O) groups is 1. The van der Waals surface area contributed by atoms with Crippen LogP contribution in [0.25, 0.3) is 0 Å². The number of ether oxygens (including phenoxy) is 2. The summed E-state index contributed by atoms with van der Waals surface area (Å²) < 4.78 is 24.7. The number of halogens is 2. The first-order valence-corrected chi connectivity index (χ1v) is 12.2. The third-order valence-corrected chi connectivity index (χ3v) is 7.52. The van der Waals surface area contributed by atoms with Crippen LogP contribution in [0.2, 0.25) is 5.02 Å². The number of carbonyl (C=O) groups excluding carboxylic acids is 1. The van der Waals surface area contributed by atoms with E-state index in [2.05, 4.69) is 15.2 Å². The van der Waals surface area contributed by atoms with E-state index in [9.17, 15) is 14.3 Å². The van der Waals surface area contributed by atoms with E-state index in [1.807, 2.05) is 5.38 Å². The van der Waals surface area contributed by atoms with E-state index in [1.165, 1.54) is 36.6 Å². The molecule has 1 aromatic carbocycles. The molecule has 11 heteroatoms. The van der Waals surface area contributed by atoms with Gasteiger partial charge in [0, 0.05) is 46.5 Å². The third kappa shape index (κ3) is 4.48. The van der Waals surface area contributed by atoms with Gasteiger partial charge in [0.1, 0.15) is 11.9 Å². The van der Waals surface area contributed by atoms with Crippen LogP contribution in [0.15, 0.2) is 46.0 Å². The zero-order valence-electron chi connectivity index (χ0n) is 18.4. The van der Waals surface area contributed by atoms with Crippen molar-refractivity contribution in [3.05, 3.63) is 62.5 Å². The number of nitrogens with one attached hydrogen (secondary N) is 1. The van der Waals surface area contributed by atoms with Gasteiger partial charge in [-0.15, -0.1) is 11.3 Å². The topological polar surface area (TPSA) is 96.3 Å². The van der Waals surface area contributed by atoms with Gasteiger partial charge in [0.05, 0.1) is 32.0 Å². The van der Waals surface area contributed by atoms with Gasteiger partial charge in [0.25, 0.3) is 0 Å². The van der Waals surface area contributed by atoms with E-state index in [4.69, 9.17) is 26.1 Å². The molecule has 1 aromatic heterocycles. The Kier molecular flexibility index (Phi) is 6.67. The van der Waals surface area contributed by atoms with Crippen LogP contribution in [0.4, 0.5) is 4.39 Å². The fraction of sp³-hybridized carbons (Fsp3) is 0.435. The summed E-state index contributed by atoms with van der Waals surface area (Å²) in [5.41, 5.74) is 1.42. The number of thiazole rings is 1. The van der Waals surface area contributed by atoms with Crippen molar-refractivity contribution in [3.63, 3.8) is 0 Å². The quantitative estimate of drug-likeness (QED) is 0.602. The molecule has 34 heavy (non-hydrogen) atoms. The molecule has 3 atom stereocenters. The Bertz CT molecular complexity index is 1130. The summed E-state index contributed by atoms with van der Waals surface area (Å²) in [6, 6.07) is 3.28. The fourth-order valence-electron chi connectivity index (χ4n) is 4.87. The van der Waals surface area contributed by atoms with Crippen molar-refractivity contribution in [3.8, 4) is 0 Å². The number of amidine groups is 1. The number of morpholine rings is 1. The second kappa shape index (κ2) is 9.71. The van der Waals surface area contributed by atoms with Crippen LogP contribution in [0.1, 0.15) is 29.5 Å². The monoisotopic (exact) mass is 506 g/mol. The van der Waals surface area contributed by atoms with Gasteiger partial charge in [0.15, 0.2) is 10.8 Å². The highest BCUT2D eigenvalue weighted by atomic mass is 35.5. The number of aliphatic hydroxyl groups is 1. The van der Waals surface area contributed by atoms with Crippen molar-refractivity contribution >= 4 is 34.7 Å². The zero-order chi connectivity index (χ0) is 23.8. The van der Waals surface area contributed by atoms with Gasteiger partial charge in [-0.25, -0.2) is 14.2 Å². The van der Waals surface area contributed by atoms with Crippen molar-refractivity contribution in [2.75, 3.05) is 26.9 Å². The molecule has 0 radical (unpaired) electrons. The predicted molar refractivity (Wildman–Crippen MR) is 125 cm³/mol. The normalized spacial score (nSPS) is 27.2. The smallest absolute Gasteiger partial charge is 0.338 e. The molecule has 4 heterocycles. The largest absolute Gasteiger partial charge is 0.466 e. The lowest BCUT2D eigenvalue weighted by atomic mass is 9.90. The fourth-order valence-corrected chi connectivity index (χ4v) is 5.73. The van der Waals surface area contributed by atoms with Crippen LogP contribution in [-0.2, 0) is 14.3 Å². The van der Waals surface area contributed by atoms with Gasteiger partial charge in [-0.2, -0.15) is 0 Å². The Labute approximate surface area is 205 Å². The number of aromatic nitrogens is 1. The Morgan fingerprint density at radius 1 is 1.38 bits per heavy atom. The van der Waals surface area contributed by atoms with Crippen molar-refractivity contribution in [2.24, 2.45) is 4.99 Å². The summed E-state index contributed by atoms with van der Waals surface area (Å²) in [4.78, 5) is 24.5. The van der Waals surface area contributed by atoms with Crippen molar-refractivity contribution in [2.45, 2.75) is 37.1 Å². The molecule has 3 aliphatic rings. The SMILES string of the molecule is COC(=O)C1=C(CN2C3COCC2CC(O)C3)NC(c2nccs2)=NC1c1ccc(F)cc1Cl. The second-order valence-corrected chi connectivity index (χ2v) is 9.84. The third-order valence-electron chi connectivity index (χ3n) is 6.41. The Morgan fingerprint density at radius 3 is 2.79 bits per heavy atom. The predicted octanol–water partition coefficient (Wildman–Crippen LogP) is 2.68. The number of esters is 1. The molecule has 2 fully saturated rings. The molecule has 2 N–H and O–H groups in total. The number of nitrogens with zero attached hydrogens (tertiary/aromatic N) is 3. The zero-order valence-corrected chi connectivity index (χ0v) is 20.0. The lowest BCUT2D eigenvalue weighted by Crippen LogP contribution is -2.59. The average Bonchev–Trinajstić information content (AvgIpc) is 3.34. The highest BCUT2D eigenvalue weighted by molar-refractivity contribution is 7.11. The van der Waals surface area contributed by atoms with Crippen LogP contribution >= 0.6 is 22.9 Å². The molecule has 8 nitrogen and oxygen atoms in total. The Hall–Kier alpha value is -2.37. The maximum atomic E-state index is 13.8. The molecular formula is C23H24ClFN4O4S. The molecule has 2 aromatic rings. The van der Waals surface area contributed by atoms with E-state index in [1.54, 1.807) is 6.20 Å². The maximum absolute atomic E-state index is 13.8. The Balaban J connectivity index is 1.60. The van der Waals surface area contributed by atoms with Crippen molar-refractivity contribution in [1.29, 1.82) is 0 Å². The molecule has 5 rings (SSSR count). The number of aliphatic imine (C=N–C) groups is 1. The molecule has 2 saturated heterocycles. The maximum Gasteiger partial charge on any atom is 0.338 e. The first-order valence-electron chi connectivity index (χ1n) is 11.0. The molecule has 3 unspecified atom stereocenters. The highest BCUT2D eigenvalue weighted by Crippen LogP contribution is 2.38. The first-order chi connectivity index (χ1) is 16.4. The lowest BCUT2D eigenvalue weighted by Gasteiger charge is -2.48. The molecule has 2 bridgehead atoms. The Morgan fingerprint density at radius 2 is 2.15 bits per heavy atom. The molecule has 180 valence electrons. The van der Waals surface area contributed by atoms with Gasteiger partial charge < -0.3 is 19.9 Å². The van der Waals surface area contributed by atoms with Crippen LogP contribution in [-0.4, -0.2) is 71.9 Å². The van der Waals surface area contributed by atoms with Gasteiger partial charge >= 0.3 is 5.97 Å². The number of benzene rings is 1. The molecule has 0 amide bonds. The molecule has 3 aliphatic heterocycles. The summed E-state index contributed by atoms with van der Waals surface area (Å²) in [7, 11) is 1.32. The minimum absolute atomic E-state index is 0.0192.